The third-order valence-corrected chi connectivity index (χ3v) is 5.09. The van der Waals surface area contributed by atoms with Crippen molar-refractivity contribution in [3.8, 4) is 0 Å². The average molecular weight is 373 g/mol. The number of likely N-dealkylation sites (tertiary alicyclic amines) is 1. The van der Waals surface area contributed by atoms with Crippen LogP contribution in [-0.4, -0.2) is 65.3 Å². The number of H-pyrrole nitrogens is 1. The van der Waals surface area contributed by atoms with Gasteiger partial charge in [0.25, 0.3) is 11.5 Å². The molecule has 0 radical (unpaired) electrons. The summed E-state index contributed by atoms with van der Waals surface area (Å²) in [5.74, 6) is 0.710. The number of nitrogens with one attached hydrogen (secondary N) is 1. The highest BCUT2D eigenvalue weighted by Gasteiger charge is 2.31. The Morgan fingerprint density at radius 3 is 2.85 bits per heavy atom. The standard InChI is InChI=1S/C18H23N5O4/c1-2-13-9-15(27-21-13)17(25)23-4-3-12(11-23)14-10-16(24)20-18(19-14)22-5-7-26-8-6-22/h9-10,12H,2-8,11H2,1H3,(H,19,20,24)/t12-/m1/s1. The highest BCUT2D eigenvalue weighted by Crippen LogP contribution is 2.27. The molecule has 0 unspecified atom stereocenters. The number of ether oxygens (including phenoxy) is 1. The minimum absolute atomic E-state index is 0.0320. The number of carbonyl (C=O) groups excluding carboxylic acids is 1. The molecule has 1 amide bonds. The molecule has 0 aromatic carbocycles. The molecule has 2 fully saturated rings. The van der Waals surface area contributed by atoms with Crippen molar-refractivity contribution in [3.05, 3.63) is 39.6 Å². The Hall–Kier alpha value is -2.68. The zero-order valence-corrected chi connectivity index (χ0v) is 15.3. The van der Waals surface area contributed by atoms with Gasteiger partial charge in [0.1, 0.15) is 0 Å². The number of hydrogen-bond donors (Lipinski definition) is 1. The predicted octanol–water partition coefficient (Wildman–Crippen LogP) is 0.787. The van der Waals surface area contributed by atoms with Crippen molar-refractivity contribution in [2.45, 2.75) is 25.7 Å². The van der Waals surface area contributed by atoms with E-state index in [4.69, 9.17) is 9.26 Å². The molecular formula is C18H23N5O4. The molecule has 2 saturated heterocycles. The van der Waals surface area contributed by atoms with E-state index >= 15 is 0 Å². The summed E-state index contributed by atoms with van der Waals surface area (Å²) in [5.41, 5.74) is 1.32. The van der Waals surface area contributed by atoms with Crippen molar-refractivity contribution in [1.82, 2.24) is 20.0 Å². The van der Waals surface area contributed by atoms with Crippen LogP contribution in [0.1, 0.15) is 41.2 Å². The molecule has 0 spiro atoms. The van der Waals surface area contributed by atoms with Crippen LogP contribution in [0.4, 0.5) is 5.95 Å². The Kier molecular flexibility index (Phi) is 4.93. The third kappa shape index (κ3) is 3.73. The molecule has 2 aromatic rings. The van der Waals surface area contributed by atoms with Crippen molar-refractivity contribution < 1.29 is 14.1 Å². The van der Waals surface area contributed by atoms with E-state index < -0.39 is 0 Å². The van der Waals surface area contributed by atoms with Crippen molar-refractivity contribution in [2.24, 2.45) is 0 Å². The summed E-state index contributed by atoms with van der Waals surface area (Å²) in [6.07, 6.45) is 1.49. The fourth-order valence-electron chi connectivity index (χ4n) is 3.52. The van der Waals surface area contributed by atoms with Crippen LogP contribution in [0.25, 0.3) is 0 Å². The van der Waals surface area contributed by atoms with E-state index in [-0.39, 0.29) is 23.1 Å². The van der Waals surface area contributed by atoms with E-state index in [0.29, 0.717) is 45.3 Å². The maximum Gasteiger partial charge on any atom is 0.292 e. The Balaban J connectivity index is 1.49. The fourth-order valence-corrected chi connectivity index (χ4v) is 3.52. The maximum absolute atomic E-state index is 12.6. The monoisotopic (exact) mass is 373 g/mol. The van der Waals surface area contributed by atoms with E-state index in [1.165, 1.54) is 6.07 Å². The molecule has 2 aromatic heterocycles. The number of hydrogen-bond acceptors (Lipinski definition) is 7. The topological polar surface area (TPSA) is 105 Å². The van der Waals surface area contributed by atoms with Gasteiger partial charge in [0.05, 0.1) is 24.6 Å². The van der Waals surface area contributed by atoms with Crippen molar-refractivity contribution in [1.29, 1.82) is 0 Å². The normalized spacial score (nSPS) is 20.3. The Bertz CT molecular complexity index is 871. The first kappa shape index (κ1) is 17.7. The number of carbonyl (C=O) groups is 1. The molecule has 1 N–H and O–H groups in total. The molecule has 144 valence electrons. The summed E-state index contributed by atoms with van der Waals surface area (Å²) in [4.78, 5) is 36.0. The smallest absolute Gasteiger partial charge is 0.292 e. The number of aromatic nitrogens is 3. The first-order valence-corrected chi connectivity index (χ1v) is 9.33. The molecule has 9 heteroatoms. The minimum atomic E-state index is -0.172. The minimum Gasteiger partial charge on any atom is -0.378 e. The number of amides is 1. The summed E-state index contributed by atoms with van der Waals surface area (Å²) >= 11 is 0. The van der Waals surface area contributed by atoms with Crippen LogP contribution in [0.2, 0.25) is 0 Å². The Labute approximate surface area is 156 Å². The van der Waals surface area contributed by atoms with Gasteiger partial charge in [0.15, 0.2) is 0 Å². The van der Waals surface area contributed by atoms with Gasteiger partial charge < -0.3 is 19.1 Å². The lowest BCUT2D eigenvalue weighted by Crippen LogP contribution is -2.38. The summed E-state index contributed by atoms with van der Waals surface area (Å²) in [6.45, 7) is 5.72. The SMILES string of the molecule is CCc1cc(C(=O)N2CC[C@@H](c3cc(=O)[nH]c(N4CCOCC4)n3)C2)on1. The molecule has 2 aliphatic rings. The van der Waals surface area contributed by atoms with Crippen LogP contribution in [0.15, 0.2) is 21.5 Å². The Morgan fingerprint density at radius 1 is 1.30 bits per heavy atom. The quantitative estimate of drug-likeness (QED) is 0.845. The average Bonchev–Trinajstić information content (AvgIpc) is 3.37. The van der Waals surface area contributed by atoms with Crippen LogP contribution < -0.4 is 10.5 Å². The molecule has 1 atom stereocenters. The van der Waals surface area contributed by atoms with Crippen molar-refractivity contribution >= 4 is 11.9 Å². The van der Waals surface area contributed by atoms with Crippen LogP contribution in [-0.2, 0) is 11.2 Å². The number of aromatic amines is 1. The van der Waals surface area contributed by atoms with Gasteiger partial charge in [-0.25, -0.2) is 4.98 Å². The molecule has 4 rings (SSSR count). The van der Waals surface area contributed by atoms with E-state index in [1.54, 1.807) is 11.0 Å². The van der Waals surface area contributed by atoms with Gasteiger partial charge in [-0.3, -0.25) is 14.6 Å². The van der Waals surface area contributed by atoms with Gasteiger partial charge in [-0.05, 0) is 12.8 Å². The van der Waals surface area contributed by atoms with Crippen LogP contribution >= 0.6 is 0 Å². The number of anilines is 1. The number of aryl methyl sites for hydroxylation is 1. The lowest BCUT2D eigenvalue weighted by molar-refractivity contribution is 0.0749. The summed E-state index contributed by atoms with van der Waals surface area (Å²) in [6, 6.07) is 3.23. The van der Waals surface area contributed by atoms with Crippen LogP contribution in [0, 0.1) is 0 Å². The van der Waals surface area contributed by atoms with Gasteiger partial charge >= 0.3 is 0 Å². The van der Waals surface area contributed by atoms with Crippen LogP contribution in [0.5, 0.6) is 0 Å². The number of nitrogens with zero attached hydrogens (tertiary/aromatic N) is 4. The summed E-state index contributed by atoms with van der Waals surface area (Å²) in [5, 5.41) is 3.88. The lowest BCUT2D eigenvalue weighted by atomic mass is 10.1. The first-order valence-electron chi connectivity index (χ1n) is 9.33. The van der Waals surface area contributed by atoms with Gasteiger partial charge in [0.2, 0.25) is 11.7 Å². The van der Waals surface area contributed by atoms with Crippen LogP contribution in [0.3, 0.4) is 0 Å². The zero-order valence-electron chi connectivity index (χ0n) is 15.3. The summed E-state index contributed by atoms with van der Waals surface area (Å²) < 4.78 is 10.5. The molecular weight excluding hydrogens is 350 g/mol. The van der Waals surface area contributed by atoms with E-state index in [1.807, 2.05) is 11.8 Å². The second-order valence-electron chi connectivity index (χ2n) is 6.87. The van der Waals surface area contributed by atoms with Gasteiger partial charge in [-0.2, -0.15) is 0 Å². The van der Waals surface area contributed by atoms with Gasteiger partial charge in [-0.1, -0.05) is 12.1 Å². The second kappa shape index (κ2) is 7.51. The lowest BCUT2D eigenvalue weighted by Gasteiger charge is -2.27. The number of rotatable bonds is 4. The molecule has 0 bridgehead atoms. The second-order valence-corrected chi connectivity index (χ2v) is 6.87. The molecule has 9 nitrogen and oxygen atoms in total. The summed E-state index contributed by atoms with van der Waals surface area (Å²) in [7, 11) is 0. The Morgan fingerprint density at radius 2 is 2.11 bits per heavy atom. The molecule has 2 aliphatic heterocycles. The van der Waals surface area contributed by atoms with E-state index in [0.717, 1.165) is 24.2 Å². The van der Waals surface area contributed by atoms with Gasteiger partial charge in [-0.15, -0.1) is 0 Å². The van der Waals surface area contributed by atoms with E-state index in [9.17, 15) is 9.59 Å². The predicted molar refractivity (Wildman–Crippen MR) is 97.0 cm³/mol. The maximum atomic E-state index is 12.6. The molecule has 4 heterocycles. The largest absolute Gasteiger partial charge is 0.378 e. The zero-order chi connectivity index (χ0) is 18.8. The van der Waals surface area contributed by atoms with E-state index in [2.05, 4.69) is 15.1 Å². The van der Waals surface area contributed by atoms with Crippen molar-refractivity contribution in [3.63, 3.8) is 0 Å². The fraction of sp³-hybridized carbons (Fsp3) is 0.556. The third-order valence-electron chi connectivity index (χ3n) is 5.09. The van der Waals surface area contributed by atoms with Crippen molar-refractivity contribution in [2.75, 3.05) is 44.3 Å². The van der Waals surface area contributed by atoms with Gasteiger partial charge in [0, 0.05) is 44.2 Å². The molecule has 0 saturated carbocycles. The first-order chi connectivity index (χ1) is 13.1. The molecule has 27 heavy (non-hydrogen) atoms. The molecule has 0 aliphatic carbocycles. The highest BCUT2D eigenvalue weighted by atomic mass is 16.5. The highest BCUT2D eigenvalue weighted by molar-refractivity contribution is 5.91. The number of morpholine rings is 1.